The van der Waals surface area contributed by atoms with E-state index in [2.05, 4.69) is 52.1 Å². The number of nitrogens with one attached hydrogen (secondary N) is 2. The number of thiazole rings is 1. The highest BCUT2D eigenvalue weighted by Crippen LogP contribution is 2.31. The van der Waals surface area contributed by atoms with Crippen molar-refractivity contribution in [3.8, 4) is 11.3 Å². The van der Waals surface area contributed by atoms with Crippen LogP contribution in [-0.4, -0.2) is 94.5 Å². The average Bonchev–Trinajstić information content (AvgIpc) is 3.34. The zero-order valence-corrected chi connectivity index (χ0v) is 24.8. The molecule has 0 unspecified atom stereocenters. The number of anilines is 2. The summed E-state index contributed by atoms with van der Waals surface area (Å²) in [6.45, 7) is 8.15. The Morgan fingerprint density at radius 3 is 2.59 bits per heavy atom. The molecule has 0 radical (unpaired) electrons. The number of para-hydroxylation sites is 1. The van der Waals surface area contributed by atoms with Crippen LogP contribution in [0.25, 0.3) is 22.2 Å². The number of piperazine rings is 1. The first kappa shape index (κ1) is 28.7. The van der Waals surface area contributed by atoms with E-state index in [1.54, 1.807) is 25.6 Å². The van der Waals surface area contributed by atoms with Crippen molar-refractivity contribution in [2.24, 2.45) is 0 Å². The summed E-state index contributed by atoms with van der Waals surface area (Å²) in [5, 5.41) is 7.01. The fourth-order valence-corrected chi connectivity index (χ4v) is 7.65. The molecule has 1 aliphatic heterocycles. The van der Waals surface area contributed by atoms with Crippen LogP contribution in [0.15, 0.2) is 41.1 Å². The molecule has 2 N–H and O–H groups in total. The SMILES string of the molecule is COC(=O)Nc1nc(C)c(S(=O)(=O)N2CCN(C[C@H](C)Nc3ncnc4c(-c5cnc(C)cn5)cccc34)CC2)s1. The normalized spacial score (nSPS) is 15.5. The molecule has 0 aliphatic carbocycles. The summed E-state index contributed by atoms with van der Waals surface area (Å²) in [7, 11) is -2.51. The first-order valence-corrected chi connectivity index (χ1v) is 15.3. The molecule has 216 valence electrons. The van der Waals surface area contributed by atoms with E-state index >= 15 is 0 Å². The first-order chi connectivity index (χ1) is 19.7. The van der Waals surface area contributed by atoms with Gasteiger partial charge in [0.15, 0.2) is 9.34 Å². The number of fused-ring (bicyclic) bond motifs is 1. The van der Waals surface area contributed by atoms with Gasteiger partial charge in [-0.05, 0) is 26.8 Å². The molecule has 5 rings (SSSR count). The molecule has 0 saturated carbocycles. The van der Waals surface area contributed by atoms with Gasteiger partial charge in [-0.2, -0.15) is 4.31 Å². The molecule has 41 heavy (non-hydrogen) atoms. The summed E-state index contributed by atoms with van der Waals surface area (Å²) in [4.78, 5) is 35.8. The topological polar surface area (TPSA) is 155 Å². The first-order valence-electron chi connectivity index (χ1n) is 13.0. The van der Waals surface area contributed by atoms with E-state index in [-0.39, 0.29) is 15.4 Å². The third-order valence-corrected chi connectivity index (χ3v) is 10.2. The van der Waals surface area contributed by atoms with E-state index in [1.807, 2.05) is 25.1 Å². The van der Waals surface area contributed by atoms with Crippen molar-refractivity contribution in [2.45, 2.75) is 31.0 Å². The Kier molecular flexibility index (Phi) is 8.40. The molecule has 4 heterocycles. The summed E-state index contributed by atoms with van der Waals surface area (Å²) in [5.74, 6) is 0.725. The lowest BCUT2D eigenvalue weighted by Crippen LogP contribution is -2.50. The van der Waals surface area contributed by atoms with Gasteiger partial charge < -0.3 is 10.1 Å². The van der Waals surface area contributed by atoms with Crippen LogP contribution in [0.1, 0.15) is 18.3 Å². The molecular weight excluding hydrogens is 566 g/mol. The number of hydrogen-bond acceptors (Lipinski definition) is 12. The summed E-state index contributed by atoms with van der Waals surface area (Å²) in [6.07, 6.45) is 4.32. The Morgan fingerprint density at radius 2 is 1.88 bits per heavy atom. The molecule has 0 bridgehead atoms. The minimum absolute atomic E-state index is 0.0368. The van der Waals surface area contributed by atoms with Crippen molar-refractivity contribution in [3.05, 3.63) is 48.3 Å². The highest BCUT2D eigenvalue weighted by Gasteiger charge is 2.32. The Balaban J connectivity index is 1.22. The van der Waals surface area contributed by atoms with Gasteiger partial charge in [0, 0.05) is 55.9 Å². The second-order valence-electron chi connectivity index (χ2n) is 9.73. The van der Waals surface area contributed by atoms with Crippen LogP contribution < -0.4 is 10.6 Å². The molecule has 3 aromatic heterocycles. The number of ether oxygens (including phenoxy) is 1. The van der Waals surface area contributed by atoms with Crippen molar-refractivity contribution < 1.29 is 17.9 Å². The number of benzene rings is 1. The van der Waals surface area contributed by atoms with Crippen molar-refractivity contribution in [3.63, 3.8) is 0 Å². The molecule has 1 aliphatic rings. The van der Waals surface area contributed by atoms with Gasteiger partial charge in [0.2, 0.25) is 0 Å². The smallest absolute Gasteiger partial charge is 0.413 e. The maximum atomic E-state index is 13.3. The Morgan fingerprint density at radius 1 is 1.10 bits per heavy atom. The minimum Gasteiger partial charge on any atom is -0.453 e. The average molecular weight is 598 g/mol. The third kappa shape index (κ3) is 6.27. The lowest BCUT2D eigenvalue weighted by atomic mass is 10.1. The molecule has 1 fully saturated rings. The molecule has 15 heteroatoms. The number of carbonyl (C=O) groups excluding carboxylic acids is 1. The number of nitrogens with zero attached hydrogens (tertiary/aromatic N) is 7. The molecule has 1 atom stereocenters. The van der Waals surface area contributed by atoms with E-state index in [4.69, 9.17) is 0 Å². The molecule has 0 spiro atoms. The van der Waals surface area contributed by atoms with E-state index in [0.717, 1.165) is 45.0 Å². The predicted octanol–water partition coefficient (Wildman–Crippen LogP) is 3.15. The number of aromatic nitrogens is 5. The number of aryl methyl sites for hydroxylation is 2. The van der Waals surface area contributed by atoms with Crippen molar-refractivity contribution >= 4 is 49.3 Å². The molecule has 4 aromatic rings. The molecule has 1 saturated heterocycles. The summed E-state index contributed by atoms with van der Waals surface area (Å²) in [6, 6.07) is 5.94. The van der Waals surface area contributed by atoms with Crippen molar-refractivity contribution in [1.82, 2.24) is 34.1 Å². The lowest BCUT2D eigenvalue weighted by molar-refractivity contribution is 0.184. The summed E-state index contributed by atoms with van der Waals surface area (Å²) < 4.78 is 32.8. The lowest BCUT2D eigenvalue weighted by Gasteiger charge is -2.35. The Labute approximate surface area is 242 Å². The molecule has 13 nitrogen and oxygen atoms in total. The van der Waals surface area contributed by atoms with Crippen LogP contribution in [0, 0.1) is 13.8 Å². The maximum absolute atomic E-state index is 13.3. The summed E-state index contributed by atoms with van der Waals surface area (Å²) >= 11 is 0.922. The van der Waals surface area contributed by atoms with Crippen LogP contribution in [0.5, 0.6) is 0 Å². The standard InChI is InChI=1S/C26H31N9O4S2/c1-16-12-28-21(13-27-16)19-6-5-7-20-22(19)29-15-30-23(20)31-17(2)14-34-8-10-35(11-9-34)41(37,38)24-18(3)32-25(40-24)33-26(36)39-4/h5-7,12-13,15,17H,8-11,14H2,1-4H3,(H,29,30,31)(H,32,33,36)/t17-/m0/s1. The fourth-order valence-electron chi connectivity index (χ4n) is 4.69. The van der Waals surface area contributed by atoms with E-state index in [0.29, 0.717) is 38.4 Å². The zero-order valence-electron chi connectivity index (χ0n) is 23.2. The van der Waals surface area contributed by atoms with Gasteiger partial charge in [-0.15, -0.1) is 0 Å². The largest absolute Gasteiger partial charge is 0.453 e. The maximum Gasteiger partial charge on any atom is 0.413 e. The third-order valence-electron chi connectivity index (χ3n) is 6.69. The Bertz CT molecular complexity index is 1650. The number of hydrogen-bond donors (Lipinski definition) is 2. The van der Waals surface area contributed by atoms with E-state index in [9.17, 15) is 13.2 Å². The van der Waals surface area contributed by atoms with Gasteiger partial charge >= 0.3 is 6.09 Å². The quantitative estimate of drug-likeness (QED) is 0.308. The number of carbonyl (C=O) groups is 1. The van der Waals surface area contributed by atoms with Gasteiger partial charge in [0.25, 0.3) is 10.0 Å². The molecule has 1 aromatic carbocycles. The predicted molar refractivity (Wildman–Crippen MR) is 156 cm³/mol. The van der Waals surface area contributed by atoms with Gasteiger partial charge in [-0.3, -0.25) is 20.2 Å². The number of sulfonamides is 1. The molecule has 1 amide bonds. The van der Waals surface area contributed by atoms with Gasteiger partial charge in [0.05, 0.1) is 35.9 Å². The van der Waals surface area contributed by atoms with Crippen molar-refractivity contribution in [2.75, 3.05) is 50.5 Å². The zero-order chi connectivity index (χ0) is 29.1. The highest BCUT2D eigenvalue weighted by molar-refractivity contribution is 7.91. The molecular formula is C26H31N9O4S2. The van der Waals surface area contributed by atoms with Gasteiger partial charge in [-0.1, -0.05) is 23.5 Å². The number of methoxy groups -OCH3 is 1. The fraction of sp³-hybridized carbons (Fsp3) is 0.385. The van der Waals surface area contributed by atoms with Crippen LogP contribution in [0.4, 0.5) is 15.7 Å². The van der Waals surface area contributed by atoms with Gasteiger partial charge in [0.1, 0.15) is 12.1 Å². The van der Waals surface area contributed by atoms with Crippen LogP contribution in [-0.2, 0) is 14.8 Å². The van der Waals surface area contributed by atoms with E-state index in [1.165, 1.54) is 11.4 Å². The van der Waals surface area contributed by atoms with E-state index < -0.39 is 16.1 Å². The Hall–Kier alpha value is -3.79. The second kappa shape index (κ2) is 12.0. The number of amides is 1. The van der Waals surface area contributed by atoms with Crippen LogP contribution in [0.2, 0.25) is 0 Å². The second-order valence-corrected chi connectivity index (χ2v) is 12.9. The number of rotatable bonds is 8. The minimum atomic E-state index is -3.74. The van der Waals surface area contributed by atoms with Gasteiger partial charge in [-0.25, -0.2) is 28.2 Å². The van der Waals surface area contributed by atoms with Crippen LogP contribution >= 0.6 is 11.3 Å². The van der Waals surface area contributed by atoms with Crippen LogP contribution in [0.3, 0.4) is 0 Å². The monoisotopic (exact) mass is 597 g/mol. The highest BCUT2D eigenvalue weighted by atomic mass is 32.2. The van der Waals surface area contributed by atoms with Crippen molar-refractivity contribution in [1.29, 1.82) is 0 Å². The summed E-state index contributed by atoms with van der Waals surface area (Å²) in [5.41, 5.74) is 3.61.